The molecular formula is C16H26N4O. The molecule has 0 unspecified atom stereocenters. The molecular weight excluding hydrogens is 264 g/mol. The van der Waals surface area contributed by atoms with E-state index in [-0.39, 0.29) is 5.91 Å². The number of hydrogen-bond acceptors (Lipinski definition) is 3. The van der Waals surface area contributed by atoms with E-state index in [0.717, 1.165) is 51.3 Å². The largest absolute Gasteiger partial charge is 0.337 e. The van der Waals surface area contributed by atoms with Crippen LogP contribution in [0.1, 0.15) is 43.1 Å². The highest BCUT2D eigenvalue weighted by atomic mass is 16.2. The first-order valence-corrected chi connectivity index (χ1v) is 8.13. The van der Waals surface area contributed by atoms with Gasteiger partial charge in [0.1, 0.15) is 5.69 Å². The summed E-state index contributed by atoms with van der Waals surface area (Å²) in [4.78, 5) is 17.3. The Kier molecular flexibility index (Phi) is 4.02. The van der Waals surface area contributed by atoms with Gasteiger partial charge in [0.2, 0.25) is 0 Å². The van der Waals surface area contributed by atoms with Gasteiger partial charge in [0.05, 0.1) is 0 Å². The van der Waals surface area contributed by atoms with Gasteiger partial charge < -0.3 is 9.80 Å². The van der Waals surface area contributed by atoms with Crippen LogP contribution in [-0.4, -0.2) is 58.7 Å². The number of nitrogens with zero attached hydrogens (tertiary/aromatic N) is 4. The molecule has 0 bridgehead atoms. The van der Waals surface area contributed by atoms with Crippen molar-refractivity contribution in [3.8, 4) is 0 Å². The zero-order chi connectivity index (χ0) is 14.9. The molecule has 116 valence electrons. The second kappa shape index (κ2) is 5.79. The predicted molar refractivity (Wildman–Crippen MR) is 82.2 cm³/mol. The van der Waals surface area contributed by atoms with Gasteiger partial charge in [-0.25, -0.2) is 0 Å². The summed E-state index contributed by atoms with van der Waals surface area (Å²) in [5, 5.41) is 4.28. The van der Waals surface area contributed by atoms with Crippen LogP contribution in [0.3, 0.4) is 0 Å². The van der Waals surface area contributed by atoms with Crippen LogP contribution in [0.4, 0.5) is 0 Å². The van der Waals surface area contributed by atoms with Gasteiger partial charge in [-0.05, 0) is 45.3 Å². The molecule has 0 N–H and O–H groups in total. The number of aromatic nitrogens is 2. The van der Waals surface area contributed by atoms with E-state index < -0.39 is 0 Å². The second-order valence-electron chi connectivity index (χ2n) is 6.76. The molecule has 1 amide bonds. The zero-order valence-electron chi connectivity index (χ0n) is 13.2. The number of rotatable bonds is 3. The summed E-state index contributed by atoms with van der Waals surface area (Å²) in [5.74, 6) is 0.162. The van der Waals surface area contributed by atoms with Crippen LogP contribution in [0.2, 0.25) is 0 Å². The molecule has 5 nitrogen and oxygen atoms in total. The van der Waals surface area contributed by atoms with Gasteiger partial charge in [-0.15, -0.1) is 0 Å². The summed E-state index contributed by atoms with van der Waals surface area (Å²) in [6.45, 7) is 7.02. The number of likely N-dealkylation sites (tertiary alicyclic amines) is 2. The zero-order valence-corrected chi connectivity index (χ0v) is 13.2. The fourth-order valence-electron chi connectivity index (χ4n) is 3.94. The smallest absolute Gasteiger partial charge is 0.272 e. The molecule has 0 aliphatic carbocycles. The normalized spacial score (nSPS) is 26.7. The Morgan fingerprint density at radius 3 is 2.90 bits per heavy atom. The van der Waals surface area contributed by atoms with Crippen LogP contribution in [0.15, 0.2) is 12.3 Å². The Labute approximate surface area is 126 Å². The third-order valence-electron chi connectivity index (χ3n) is 4.95. The van der Waals surface area contributed by atoms with Gasteiger partial charge in [-0.2, -0.15) is 5.10 Å². The summed E-state index contributed by atoms with van der Waals surface area (Å²) in [7, 11) is 2.19. The van der Waals surface area contributed by atoms with Gasteiger partial charge in [-0.1, -0.05) is 6.92 Å². The third kappa shape index (κ3) is 2.84. The molecule has 0 saturated carbocycles. The summed E-state index contributed by atoms with van der Waals surface area (Å²) in [6.07, 6.45) is 6.35. The molecule has 0 aromatic carbocycles. The second-order valence-corrected chi connectivity index (χ2v) is 6.76. The molecule has 2 aliphatic rings. The van der Waals surface area contributed by atoms with E-state index in [0.29, 0.717) is 5.41 Å². The monoisotopic (exact) mass is 290 g/mol. The van der Waals surface area contributed by atoms with Crippen LogP contribution in [-0.2, 0) is 6.54 Å². The molecule has 1 aromatic heterocycles. The minimum absolute atomic E-state index is 0.162. The van der Waals surface area contributed by atoms with Crippen LogP contribution >= 0.6 is 0 Å². The first-order valence-electron chi connectivity index (χ1n) is 8.13. The Morgan fingerprint density at radius 1 is 1.33 bits per heavy atom. The fourth-order valence-corrected chi connectivity index (χ4v) is 3.94. The first-order chi connectivity index (χ1) is 10.1. The highest BCUT2D eigenvalue weighted by Gasteiger charge is 2.41. The van der Waals surface area contributed by atoms with Gasteiger partial charge in [0.25, 0.3) is 5.91 Å². The summed E-state index contributed by atoms with van der Waals surface area (Å²) >= 11 is 0. The van der Waals surface area contributed by atoms with E-state index in [1.54, 1.807) is 6.20 Å². The lowest BCUT2D eigenvalue weighted by molar-refractivity contribution is 0.0522. The average Bonchev–Trinajstić information content (AvgIpc) is 3.06. The number of piperidine rings is 1. The molecule has 3 rings (SSSR count). The Hall–Kier alpha value is -1.36. The summed E-state index contributed by atoms with van der Waals surface area (Å²) < 4.78 is 1.85. The maximum atomic E-state index is 12.8. The van der Waals surface area contributed by atoms with E-state index in [4.69, 9.17) is 0 Å². The Balaban J connectivity index is 1.74. The number of hydrogen-bond donors (Lipinski definition) is 0. The van der Waals surface area contributed by atoms with Crippen molar-refractivity contribution in [3.63, 3.8) is 0 Å². The number of amides is 1. The van der Waals surface area contributed by atoms with E-state index >= 15 is 0 Å². The minimum atomic E-state index is 0.162. The topological polar surface area (TPSA) is 41.4 Å². The van der Waals surface area contributed by atoms with Crippen molar-refractivity contribution in [1.29, 1.82) is 0 Å². The number of carbonyl (C=O) groups excluding carboxylic acids is 1. The van der Waals surface area contributed by atoms with Crippen LogP contribution in [0, 0.1) is 5.41 Å². The molecule has 1 aromatic rings. The molecule has 5 heteroatoms. The van der Waals surface area contributed by atoms with Crippen molar-refractivity contribution in [3.05, 3.63) is 18.0 Å². The van der Waals surface area contributed by atoms with Gasteiger partial charge in [0, 0.05) is 37.8 Å². The van der Waals surface area contributed by atoms with Gasteiger partial charge >= 0.3 is 0 Å². The molecule has 3 heterocycles. The number of aryl methyl sites for hydroxylation is 1. The quantitative estimate of drug-likeness (QED) is 0.853. The van der Waals surface area contributed by atoms with E-state index in [9.17, 15) is 4.79 Å². The van der Waals surface area contributed by atoms with Gasteiger partial charge in [-0.3, -0.25) is 9.48 Å². The van der Waals surface area contributed by atoms with E-state index in [2.05, 4.69) is 28.9 Å². The molecule has 2 aliphatic heterocycles. The van der Waals surface area contributed by atoms with Crippen LogP contribution in [0.25, 0.3) is 0 Å². The number of carbonyl (C=O) groups is 1. The predicted octanol–water partition coefficient (Wildman–Crippen LogP) is 1.85. The van der Waals surface area contributed by atoms with Crippen molar-refractivity contribution in [2.75, 3.05) is 33.2 Å². The summed E-state index contributed by atoms with van der Waals surface area (Å²) in [6, 6.07) is 1.86. The van der Waals surface area contributed by atoms with E-state index in [1.165, 1.54) is 12.8 Å². The molecule has 2 saturated heterocycles. The SMILES string of the molecule is CCCn1nccc1C(=O)N1CCC[C@]2(CCN(C)C2)C1. The maximum absolute atomic E-state index is 12.8. The standard InChI is InChI=1S/C16H26N4O/c1-3-9-20-14(5-8-17-20)15(21)19-10-4-6-16(13-19)7-11-18(2)12-16/h5,8H,3-4,6-7,9-13H2,1-2H3/t16-/m1/s1. The third-order valence-corrected chi connectivity index (χ3v) is 4.95. The van der Waals surface area contributed by atoms with Crippen molar-refractivity contribution in [1.82, 2.24) is 19.6 Å². The maximum Gasteiger partial charge on any atom is 0.272 e. The lowest BCUT2D eigenvalue weighted by Crippen LogP contribution is -2.47. The highest BCUT2D eigenvalue weighted by Crippen LogP contribution is 2.38. The highest BCUT2D eigenvalue weighted by molar-refractivity contribution is 5.92. The first kappa shape index (κ1) is 14.6. The van der Waals surface area contributed by atoms with Crippen molar-refractivity contribution in [2.45, 2.75) is 39.2 Å². The lowest BCUT2D eigenvalue weighted by atomic mass is 9.79. The van der Waals surface area contributed by atoms with Crippen molar-refractivity contribution < 1.29 is 4.79 Å². The molecule has 1 atom stereocenters. The van der Waals surface area contributed by atoms with Crippen molar-refractivity contribution in [2.24, 2.45) is 5.41 Å². The molecule has 2 fully saturated rings. The Morgan fingerprint density at radius 2 is 2.19 bits per heavy atom. The van der Waals surface area contributed by atoms with E-state index in [1.807, 2.05) is 10.7 Å². The molecule has 0 radical (unpaired) electrons. The lowest BCUT2D eigenvalue weighted by Gasteiger charge is -2.40. The van der Waals surface area contributed by atoms with Crippen LogP contribution < -0.4 is 0 Å². The molecule has 21 heavy (non-hydrogen) atoms. The fraction of sp³-hybridized carbons (Fsp3) is 0.750. The minimum Gasteiger partial charge on any atom is -0.337 e. The molecule has 1 spiro atoms. The van der Waals surface area contributed by atoms with Crippen molar-refractivity contribution >= 4 is 5.91 Å². The van der Waals surface area contributed by atoms with Crippen LogP contribution in [0.5, 0.6) is 0 Å². The summed E-state index contributed by atoms with van der Waals surface area (Å²) in [5.41, 5.74) is 1.08. The van der Waals surface area contributed by atoms with Gasteiger partial charge in [0.15, 0.2) is 0 Å². The Bertz CT molecular complexity index is 508. The average molecular weight is 290 g/mol.